The van der Waals surface area contributed by atoms with Crippen LogP contribution in [0.25, 0.3) is 0 Å². The molecule has 1 heterocycles. The van der Waals surface area contributed by atoms with Crippen molar-refractivity contribution < 1.29 is 19.4 Å². The Hall–Kier alpha value is -1.30. The van der Waals surface area contributed by atoms with E-state index in [-0.39, 0.29) is 6.03 Å². The molecular formula is C11H20N2O4. The number of amides is 2. The highest BCUT2D eigenvalue weighted by Gasteiger charge is 2.33. The lowest BCUT2D eigenvalue weighted by Gasteiger charge is -2.32. The molecule has 0 aromatic heterocycles. The number of carbonyl (C=O) groups is 2. The van der Waals surface area contributed by atoms with Crippen LogP contribution in [0.5, 0.6) is 0 Å². The second-order valence-corrected chi connectivity index (χ2v) is 5.19. The van der Waals surface area contributed by atoms with Gasteiger partial charge in [0.15, 0.2) is 0 Å². The Labute approximate surface area is 101 Å². The Balaban J connectivity index is 2.60. The van der Waals surface area contributed by atoms with E-state index < -0.39 is 17.4 Å². The molecule has 1 saturated heterocycles. The van der Waals surface area contributed by atoms with E-state index in [0.29, 0.717) is 26.3 Å². The first-order valence-electron chi connectivity index (χ1n) is 5.68. The number of nitrogens with zero attached hydrogens (tertiary/aromatic N) is 1. The number of urea groups is 1. The van der Waals surface area contributed by atoms with Crippen molar-refractivity contribution in [3.63, 3.8) is 0 Å². The van der Waals surface area contributed by atoms with E-state index in [0.717, 1.165) is 0 Å². The largest absolute Gasteiger partial charge is 0.480 e. The Morgan fingerprint density at radius 3 is 2.24 bits per heavy atom. The normalized spacial score (nSPS) is 18.6. The van der Waals surface area contributed by atoms with Crippen LogP contribution in [0.2, 0.25) is 0 Å². The van der Waals surface area contributed by atoms with E-state index in [2.05, 4.69) is 5.32 Å². The van der Waals surface area contributed by atoms with Gasteiger partial charge < -0.3 is 20.1 Å². The zero-order valence-corrected chi connectivity index (χ0v) is 10.5. The highest BCUT2D eigenvalue weighted by atomic mass is 16.5. The van der Waals surface area contributed by atoms with Gasteiger partial charge in [-0.1, -0.05) is 20.8 Å². The molecular weight excluding hydrogens is 224 g/mol. The number of rotatable bonds is 2. The first-order chi connectivity index (χ1) is 7.82. The molecule has 0 aliphatic carbocycles. The Morgan fingerprint density at radius 1 is 1.29 bits per heavy atom. The van der Waals surface area contributed by atoms with Crippen LogP contribution in [0.4, 0.5) is 4.79 Å². The number of ether oxygens (including phenoxy) is 1. The number of hydrogen-bond donors (Lipinski definition) is 2. The molecule has 1 atom stereocenters. The third kappa shape index (κ3) is 3.89. The summed E-state index contributed by atoms with van der Waals surface area (Å²) >= 11 is 0. The SMILES string of the molecule is CC(C)(C)[C@@H](NC(=O)N1CCOCC1)C(=O)O. The fourth-order valence-electron chi connectivity index (χ4n) is 1.63. The van der Waals surface area contributed by atoms with Crippen LogP contribution in [-0.2, 0) is 9.53 Å². The maximum atomic E-state index is 11.9. The fourth-order valence-corrected chi connectivity index (χ4v) is 1.63. The minimum atomic E-state index is -1.01. The van der Waals surface area contributed by atoms with Crippen LogP contribution in [0.3, 0.4) is 0 Å². The van der Waals surface area contributed by atoms with Gasteiger partial charge in [-0.05, 0) is 5.41 Å². The molecule has 98 valence electrons. The van der Waals surface area contributed by atoms with Gasteiger partial charge in [-0.3, -0.25) is 0 Å². The first kappa shape index (κ1) is 13.8. The van der Waals surface area contributed by atoms with Crippen LogP contribution < -0.4 is 5.32 Å². The molecule has 0 bridgehead atoms. The Morgan fingerprint density at radius 2 is 1.82 bits per heavy atom. The summed E-state index contributed by atoms with van der Waals surface area (Å²) in [6.07, 6.45) is 0. The van der Waals surface area contributed by atoms with Gasteiger partial charge in [0, 0.05) is 13.1 Å². The summed E-state index contributed by atoms with van der Waals surface area (Å²) in [4.78, 5) is 24.5. The molecule has 1 aliphatic rings. The summed E-state index contributed by atoms with van der Waals surface area (Å²) in [6.45, 7) is 7.36. The Kier molecular flexibility index (Phi) is 4.34. The summed E-state index contributed by atoms with van der Waals surface area (Å²) in [5, 5.41) is 11.7. The quantitative estimate of drug-likeness (QED) is 0.742. The van der Waals surface area contributed by atoms with Crippen molar-refractivity contribution in [1.29, 1.82) is 0 Å². The molecule has 0 unspecified atom stereocenters. The first-order valence-corrected chi connectivity index (χ1v) is 5.68. The van der Waals surface area contributed by atoms with Gasteiger partial charge >= 0.3 is 12.0 Å². The van der Waals surface area contributed by atoms with Gasteiger partial charge in [0.25, 0.3) is 0 Å². The van der Waals surface area contributed by atoms with E-state index >= 15 is 0 Å². The van der Waals surface area contributed by atoms with Crippen LogP contribution in [0, 0.1) is 5.41 Å². The van der Waals surface area contributed by atoms with Crippen LogP contribution in [-0.4, -0.2) is 54.4 Å². The second kappa shape index (κ2) is 5.35. The molecule has 6 nitrogen and oxygen atoms in total. The molecule has 0 radical (unpaired) electrons. The lowest BCUT2D eigenvalue weighted by molar-refractivity contribution is -0.142. The van der Waals surface area contributed by atoms with E-state index in [1.807, 2.05) is 0 Å². The highest BCUT2D eigenvalue weighted by Crippen LogP contribution is 2.19. The number of morpholine rings is 1. The number of hydrogen-bond acceptors (Lipinski definition) is 3. The van der Waals surface area contributed by atoms with Crippen molar-refractivity contribution in [2.45, 2.75) is 26.8 Å². The number of aliphatic carboxylic acids is 1. The third-order valence-electron chi connectivity index (χ3n) is 2.68. The van der Waals surface area contributed by atoms with Crippen LogP contribution in [0.15, 0.2) is 0 Å². The highest BCUT2D eigenvalue weighted by molar-refractivity contribution is 5.83. The molecule has 2 N–H and O–H groups in total. The lowest BCUT2D eigenvalue weighted by atomic mass is 9.87. The number of nitrogens with one attached hydrogen (secondary N) is 1. The molecule has 0 saturated carbocycles. The summed E-state index contributed by atoms with van der Waals surface area (Å²) in [5.74, 6) is -1.01. The standard InChI is InChI=1S/C11H20N2O4/c1-11(2,3)8(9(14)15)12-10(16)13-4-6-17-7-5-13/h8H,4-7H2,1-3H3,(H,12,16)(H,14,15)/t8-/m0/s1. The van der Waals surface area contributed by atoms with Crippen molar-refractivity contribution >= 4 is 12.0 Å². The van der Waals surface area contributed by atoms with Crippen molar-refractivity contribution in [3.05, 3.63) is 0 Å². The van der Waals surface area contributed by atoms with E-state index in [1.54, 1.807) is 25.7 Å². The average molecular weight is 244 g/mol. The molecule has 0 aromatic rings. The summed E-state index contributed by atoms with van der Waals surface area (Å²) in [5.41, 5.74) is -0.520. The average Bonchev–Trinajstić information content (AvgIpc) is 2.24. The third-order valence-corrected chi connectivity index (χ3v) is 2.68. The van der Waals surface area contributed by atoms with Crippen molar-refractivity contribution in [2.75, 3.05) is 26.3 Å². The molecule has 1 aliphatic heterocycles. The predicted octanol–water partition coefficient (Wildman–Crippen LogP) is 0.527. The van der Waals surface area contributed by atoms with Crippen LogP contribution in [0.1, 0.15) is 20.8 Å². The molecule has 0 spiro atoms. The molecule has 6 heteroatoms. The van der Waals surface area contributed by atoms with E-state index in [9.17, 15) is 9.59 Å². The molecule has 0 aromatic carbocycles. The van der Waals surface area contributed by atoms with Gasteiger partial charge in [-0.15, -0.1) is 0 Å². The molecule has 1 rings (SSSR count). The van der Waals surface area contributed by atoms with E-state index in [4.69, 9.17) is 9.84 Å². The molecule has 2 amide bonds. The zero-order valence-electron chi connectivity index (χ0n) is 10.5. The maximum Gasteiger partial charge on any atom is 0.326 e. The minimum Gasteiger partial charge on any atom is -0.480 e. The summed E-state index contributed by atoms with van der Waals surface area (Å²) < 4.78 is 5.13. The second-order valence-electron chi connectivity index (χ2n) is 5.19. The number of carbonyl (C=O) groups excluding carboxylic acids is 1. The van der Waals surface area contributed by atoms with Gasteiger partial charge in [0.05, 0.1) is 13.2 Å². The summed E-state index contributed by atoms with van der Waals surface area (Å²) in [7, 11) is 0. The van der Waals surface area contributed by atoms with Gasteiger partial charge in [-0.25, -0.2) is 9.59 Å². The van der Waals surface area contributed by atoms with Crippen molar-refractivity contribution in [3.8, 4) is 0 Å². The summed E-state index contributed by atoms with van der Waals surface area (Å²) in [6, 6.07) is -1.23. The topological polar surface area (TPSA) is 78.9 Å². The monoisotopic (exact) mass is 244 g/mol. The van der Waals surface area contributed by atoms with Gasteiger partial charge in [0.1, 0.15) is 6.04 Å². The predicted molar refractivity (Wildman–Crippen MR) is 61.8 cm³/mol. The van der Waals surface area contributed by atoms with E-state index in [1.165, 1.54) is 0 Å². The number of carboxylic acid groups (broad SMARTS) is 1. The van der Waals surface area contributed by atoms with Gasteiger partial charge in [0.2, 0.25) is 0 Å². The van der Waals surface area contributed by atoms with Crippen molar-refractivity contribution in [2.24, 2.45) is 5.41 Å². The van der Waals surface area contributed by atoms with Crippen LogP contribution >= 0.6 is 0 Å². The molecule has 17 heavy (non-hydrogen) atoms. The minimum absolute atomic E-state index is 0.337. The zero-order chi connectivity index (χ0) is 13.1. The van der Waals surface area contributed by atoms with Gasteiger partial charge in [-0.2, -0.15) is 0 Å². The fraction of sp³-hybridized carbons (Fsp3) is 0.818. The molecule has 1 fully saturated rings. The van der Waals surface area contributed by atoms with Crippen molar-refractivity contribution in [1.82, 2.24) is 10.2 Å². The smallest absolute Gasteiger partial charge is 0.326 e. The maximum absolute atomic E-state index is 11.9. The number of carboxylic acids is 1. The Bertz CT molecular complexity index is 292. The lowest BCUT2D eigenvalue weighted by Crippen LogP contribution is -2.55.